The molecule has 7 aromatic rings. The number of anilines is 11. The molecule has 400 valence electrons. The lowest BCUT2D eigenvalue weighted by Crippen LogP contribution is -2.53. The van der Waals surface area contributed by atoms with Crippen LogP contribution in [0.1, 0.15) is 0 Å². The lowest BCUT2D eigenvalue weighted by Gasteiger charge is -2.41. The fourth-order valence-corrected chi connectivity index (χ4v) is 9.84. The van der Waals surface area contributed by atoms with Gasteiger partial charge >= 0.3 is 0 Å². The molecule has 3 saturated heterocycles. The van der Waals surface area contributed by atoms with Gasteiger partial charge in [-0.2, -0.15) is 0 Å². The third kappa shape index (κ3) is 12.6. The van der Waals surface area contributed by atoms with Crippen LogP contribution in [0.3, 0.4) is 0 Å². The average Bonchev–Trinajstić information content (AvgIpc) is 3.47. The van der Waals surface area contributed by atoms with Crippen molar-refractivity contribution < 1.29 is 18.4 Å². The number of benzene rings is 5. The van der Waals surface area contributed by atoms with Crippen LogP contribution in [-0.2, 0) is 9.59 Å². The highest BCUT2D eigenvalue weighted by Gasteiger charge is 2.30. The normalized spacial score (nSPS) is 16.3. The zero-order valence-corrected chi connectivity index (χ0v) is 44.0. The smallest absolute Gasteiger partial charge is 0.252 e. The first kappa shape index (κ1) is 52.7. The molecule has 0 saturated carbocycles. The largest absolute Gasteiger partial charge is 0.369 e. The van der Waals surface area contributed by atoms with Crippen molar-refractivity contribution in [1.29, 1.82) is 0 Å². The minimum Gasteiger partial charge on any atom is -0.369 e. The van der Waals surface area contributed by atoms with Crippen LogP contribution in [0.5, 0.6) is 0 Å². The number of halogens is 2. The highest BCUT2D eigenvalue weighted by molar-refractivity contribution is 6.04. The van der Waals surface area contributed by atoms with Crippen molar-refractivity contribution >= 4 is 74.9 Å². The zero-order valence-electron chi connectivity index (χ0n) is 44.0. The molecule has 3 fully saturated rings. The SMILES string of the molecule is C=CC(=O)Nc1cccc(-c2nc(Nc3cccc(N4CCN(C)C(C(=C)C(=O)Nc5cccc(-c6nc(Nc7cccc(N8CCN(C)CC8)c7)ncc6Nc6ccc(N7CCN(C)CC7)c(F)c6)c5)C4)c3)ncc2F)c1. The van der Waals surface area contributed by atoms with Crippen molar-refractivity contribution in [2.75, 3.05) is 134 Å². The van der Waals surface area contributed by atoms with E-state index in [1.54, 1.807) is 30.5 Å². The molecule has 19 heteroatoms. The Kier molecular flexibility index (Phi) is 15.9. The van der Waals surface area contributed by atoms with Crippen LogP contribution >= 0.6 is 0 Å². The molecule has 3 aliphatic heterocycles. The number of hydrogen-bond donors (Lipinski definition) is 5. The number of rotatable bonds is 16. The van der Waals surface area contributed by atoms with Crippen LogP contribution in [0.25, 0.3) is 22.5 Å². The molecule has 2 aromatic heterocycles. The van der Waals surface area contributed by atoms with Crippen molar-refractivity contribution in [3.8, 4) is 22.5 Å². The fraction of sp³-hybridized carbons (Fsp3) is 0.254. The van der Waals surface area contributed by atoms with E-state index in [0.29, 0.717) is 82.1 Å². The van der Waals surface area contributed by atoms with Gasteiger partial charge in [0.15, 0.2) is 5.82 Å². The number of piperazine rings is 3. The van der Waals surface area contributed by atoms with E-state index in [1.807, 2.05) is 79.8 Å². The quantitative estimate of drug-likeness (QED) is 0.0582. The second-order valence-electron chi connectivity index (χ2n) is 19.8. The number of amides is 2. The number of carbonyl (C=O) groups excluding carboxylic acids is 2. The lowest BCUT2D eigenvalue weighted by atomic mass is 10.0. The molecule has 5 aromatic carbocycles. The predicted molar refractivity (Wildman–Crippen MR) is 309 cm³/mol. The van der Waals surface area contributed by atoms with Gasteiger partial charge in [-0.3, -0.25) is 14.5 Å². The number of nitrogens with zero attached hydrogens (tertiary/aromatic N) is 10. The van der Waals surface area contributed by atoms with Gasteiger partial charge in [-0.05, 0) is 106 Å². The second kappa shape index (κ2) is 23.6. The molecular formula is C59H63F2N15O2. The van der Waals surface area contributed by atoms with Crippen molar-refractivity contribution in [3.63, 3.8) is 0 Å². The Labute approximate surface area is 453 Å². The Bertz CT molecular complexity index is 3340. The highest BCUT2D eigenvalue weighted by Crippen LogP contribution is 2.35. The maximum atomic E-state index is 15.8. The Morgan fingerprint density at radius 2 is 1.10 bits per heavy atom. The van der Waals surface area contributed by atoms with Gasteiger partial charge in [0.1, 0.15) is 11.5 Å². The zero-order chi connectivity index (χ0) is 54.3. The van der Waals surface area contributed by atoms with Crippen LogP contribution in [0.4, 0.5) is 71.9 Å². The van der Waals surface area contributed by atoms with Gasteiger partial charge in [-0.1, -0.05) is 49.6 Å². The van der Waals surface area contributed by atoms with E-state index in [-0.39, 0.29) is 35.3 Å². The molecule has 0 bridgehead atoms. The predicted octanol–water partition coefficient (Wildman–Crippen LogP) is 9.05. The Hall–Kier alpha value is -8.78. The lowest BCUT2D eigenvalue weighted by molar-refractivity contribution is -0.113. The summed E-state index contributed by atoms with van der Waals surface area (Å²) in [5.41, 5.74) is 8.31. The average molecular weight is 1050 g/mol. The van der Waals surface area contributed by atoms with Crippen LogP contribution in [0, 0.1) is 11.6 Å². The highest BCUT2D eigenvalue weighted by atomic mass is 19.1. The van der Waals surface area contributed by atoms with Crippen molar-refractivity contribution in [2.45, 2.75) is 6.04 Å². The summed E-state index contributed by atoms with van der Waals surface area (Å²) >= 11 is 0. The standard InChI is InChI=1S/C59H63F2N15O2/c1-6-54(77)65-42-13-7-11-40(31-42)55-50(61)36-62-58(69-55)67-45-16-10-18-48(34-45)76-30-25-73(5)53(38-76)39(2)57(78)66-43-14-8-12-41(32-43)56-51(64-46-19-20-52(49(60)35-46)75-28-23-72(4)24-29-75)37-63-59(70-56)68-44-15-9-17-47(33-44)74-26-21-71(3)22-27-74/h6-20,31-37,53,64H,1-2,21-30,38H2,3-5H3,(H,65,77)(H,66,78)(H,62,67,69)(H,63,68,70). The summed E-state index contributed by atoms with van der Waals surface area (Å²) in [6.07, 6.45) is 3.95. The van der Waals surface area contributed by atoms with Gasteiger partial charge in [0.2, 0.25) is 17.8 Å². The summed E-state index contributed by atoms with van der Waals surface area (Å²) in [6, 6.07) is 35.0. The van der Waals surface area contributed by atoms with Crippen molar-refractivity contribution in [1.82, 2.24) is 34.6 Å². The molecule has 10 rings (SSSR count). The van der Waals surface area contributed by atoms with E-state index >= 15 is 8.78 Å². The summed E-state index contributed by atoms with van der Waals surface area (Å²) in [4.78, 5) is 57.9. The van der Waals surface area contributed by atoms with Gasteiger partial charge in [0, 0.05) is 129 Å². The molecule has 0 aliphatic carbocycles. The van der Waals surface area contributed by atoms with E-state index < -0.39 is 5.82 Å². The minimum absolute atomic E-state index is 0.0659. The summed E-state index contributed by atoms with van der Waals surface area (Å²) in [7, 11) is 6.19. The number of nitrogens with one attached hydrogen (secondary N) is 5. The van der Waals surface area contributed by atoms with Crippen LogP contribution in [0.2, 0.25) is 0 Å². The minimum atomic E-state index is -0.618. The van der Waals surface area contributed by atoms with Gasteiger partial charge in [-0.15, -0.1) is 0 Å². The third-order valence-electron chi connectivity index (χ3n) is 14.4. The molecule has 1 unspecified atom stereocenters. The monoisotopic (exact) mass is 1050 g/mol. The first-order chi connectivity index (χ1) is 37.8. The van der Waals surface area contributed by atoms with Crippen molar-refractivity contribution in [3.05, 3.63) is 164 Å². The van der Waals surface area contributed by atoms with Crippen LogP contribution < -0.4 is 41.3 Å². The van der Waals surface area contributed by atoms with Gasteiger partial charge in [0.25, 0.3) is 5.91 Å². The number of aromatic nitrogens is 4. The van der Waals surface area contributed by atoms with E-state index in [9.17, 15) is 9.59 Å². The summed E-state index contributed by atoms with van der Waals surface area (Å²) in [5, 5.41) is 15.8. The maximum Gasteiger partial charge on any atom is 0.252 e. The third-order valence-corrected chi connectivity index (χ3v) is 14.4. The van der Waals surface area contributed by atoms with Gasteiger partial charge in [-0.25, -0.2) is 28.7 Å². The fourth-order valence-electron chi connectivity index (χ4n) is 9.84. The summed E-state index contributed by atoms with van der Waals surface area (Å²) < 4.78 is 31.0. The Morgan fingerprint density at radius 1 is 0.564 bits per heavy atom. The van der Waals surface area contributed by atoms with E-state index in [2.05, 4.69) is 105 Å². The summed E-state index contributed by atoms with van der Waals surface area (Å²) in [5.74, 6) is -1.11. The molecule has 5 N–H and O–H groups in total. The van der Waals surface area contributed by atoms with Crippen LogP contribution in [0.15, 0.2) is 152 Å². The number of carbonyl (C=O) groups is 2. The molecule has 17 nitrogen and oxygen atoms in total. The summed E-state index contributed by atoms with van der Waals surface area (Å²) in [6.45, 7) is 16.7. The van der Waals surface area contributed by atoms with E-state index in [0.717, 1.165) is 81.7 Å². The van der Waals surface area contributed by atoms with Crippen LogP contribution in [-0.4, -0.2) is 146 Å². The molecule has 0 spiro atoms. The molecular weight excluding hydrogens is 989 g/mol. The first-order valence-corrected chi connectivity index (χ1v) is 26.0. The molecule has 1 atom stereocenters. The van der Waals surface area contributed by atoms with Gasteiger partial charge < -0.3 is 51.1 Å². The van der Waals surface area contributed by atoms with Gasteiger partial charge in [0.05, 0.1) is 35.5 Å². The van der Waals surface area contributed by atoms with Crippen molar-refractivity contribution in [2.24, 2.45) is 0 Å². The molecule has 0 radical (unpaired) electrons. The van der Waals surface area contributed by atoms with E-state index in [4.69, 9.17) is 9.97 Å². The second-order valence-corrected chi connectivity index (χ2v) is 19.8. The molecule has 3 aliphatic rings. The number of hydrogen-bond acceptors (Lipinski definition) is 15. The Morgan fingerprint density at radius 3 is 1.74 bits per heavy atom. The van der Waals surface area contributed by atoms with E-state index in [1.165, 1.54) is 6.07 Å². The maximum absolute atomic E-state index is 15.8. The number of likely N-dealkylation sites (N-methyl/N-ethyl adjacent to an activating group) is 3. The molecule has 2 amide bonds. The topological polar surface area (TPSA) is 165 Å². The molecule has 5 heterocycles. The Balaban J connectivity index is 0.849. The first-order valence-electron chi connectivity index (χ1n) is 26.0. The molecule has 78 heavy (non-hydrogen) atoms.